The SMILES string of the molecule is C=CCN(CCO)S(=O)(=O)c1c(F)cccc1Cl. The van der Waals surface area contributed by atoms with Crippen LogP contribution in [-0.4, -0.2) is 37.5 Å². The van der Waals surface area contributed by atoms with Gasteiger partial charge in [-0.25, -0.2) is 12.8 Å². The van der Waals surface area contributed by atoms with Gasteiger partial charge >= 0.3 is 0 Å². The lowest BCUT2D eigenvalue weighted by atomic mass is 10.3. The van der Waals surface area contributed by atoms with Crippen molar-refractivity contribution in [3.05, 3.63) is 41.7 Å². The number of sulfonamides is 1. The third kappa shape index (κ3) is 3.08. The molecular weight excluding hydrogens is 281 g/mol. The van der Waals surface area contributed by atoms with E-state index < -0.39 is 20.7 Å². The Kier molecular flexibility index (Phi) is 5.28. The summed E-state index contributed by atoms with van der Waals surface area (Å²) in [7, 11) is -4.09. The Morgan fingerprint density at radius 1 is 1.50 bits per heavy atom. The Morgan fingerprint density at radius 2 is 2.17 bits per heavy atom. The number of nitrogens with zero attached hydrogens (tertiary/aromatic N) is 1. The first kappa shape index (κ1) is 15.1. The maximum atomic E-state index is 13.6. The van der Waals surface area contributed by atoms with E-state index >= 15 is 0 Å². The first-order valence-electron chi connectivity index (χ1n) is 5.11. The van der Waals surface area contributed by atoms with Crippen LogP contribution >= 0.6 is 11.6 Å². The summed E-state index contributed by atoms with van der Waals surface area (Å²) in [5.41, 5.74) is 0. The summed E-state index contributed by atoms with van der Waals surface area (Å²) < 4.78 is 38.9. The molecule has 0 unspecified atom stereocenters. The zero-order valence-corrected chi connectivity index (χ0v) is 11.1. The molecule has 0 aromatic heterocycles. The van der Waals surface area contributed by atoms with E-state index in [9.17, 15) is 12.8 Å². The number of hydrogen-bond donors (Lipinski definition) is 1. The minimum atomic E-state index is -4.09. The zero-order valence-electron chi connectivity index (χ0n) is 9.51. The van der Waals surface area contributed by atoms with E-state index in [2.05, 4.69) is 6.58 Å². The standard InChI is InChI=1S/C11H13ClFNO3S/c1-2-6-14(7-8-15)18(16,17)11-9(12)4-3-5-10(11)13/h2-5,15H,1,6-8H2. The van der Waals surface area contributed by atoms with Gasteiger partial charge in [0.2, 0.25) is 10.0 Å². The molecule has 4 nitrogen and oxygen atoms in total. The van der Waals surface area contributed by atoms with Gasteiger partial charge in [0.15, 0.2) is 0 Å². The van der Waals surface area contributed by atoms with Crippen LogP contribution in [0, 0.1) is 5.82 Å². The molecule has 0 heterocycles. The molecule has 0 atom stereocenters. The molecule has 18 heavy (non-hydrogen) atoms. The Balaban J connectivity index is 3.30. The van der Waals surface area contributed by atoms with E-state index in [1.54, 1.807) is 0 Å². The van der Waals surface area contributed by atoms with Crippen LogP contribution in [0.25, 0.3) is 0 Å². The van der Waals surface area contributed by atoms with Gasteiger partial charge in [-0.3, -0.25) is 0 Å². The molecule has 0 saturated carbocycles. The average Bonchev–Trinajstić information content (AvgIpc) is 2.28. The summed E-state index contributed by atoms with van der Waals surface area (Å²) in [5, 5.41) is 8.65. The van der Waals surface area contributed by atoms with Gasteiger partial charge in [0.1, 0.15) is 10.7 Å². The summed E-state index contributed by atoms with van der Waals surface area (Å²) in [5.74, 6) is -0.922. The maximum absolute atomic E-state index is 13.6. The van der Waals surface area contributed by atoms with Gasteiger partial charge in [0, 0.05) is 13.1 Å². The predicted octanol–water partition coefficient (Wildman–Crippen LogP) is 1.65. The molecule has 0 aliphatic heterocycles. The highest BCUT2D eigenvalue weighted by atomic mass is 35.5. The molecule has 0 spiro atoms. The lowest BCUT2D eigenvalue weighted by Crippen LogP contribution is -2.34. The van der Waals surface area contributed by atoms with Crippen LogP contribution in [0.3, 0.4) is 0 Å². The number of benzene rings is 1. The largest absolute Gasteiger partial charge is 0.395 e. The summed E-state index contributed by atoms with van der Waals surface area (Å²) >= 11 is 5.72. The van der Waals surface area contributed by atoms with Crippen LogP contribution in [0.1, 0.15) is 0 Å². The van der Waals surface area contributed by atoms with Crippen molar-refractivity contribution in [3.8, 4) is 0 Å². The quantitative estimate of drug-likeness (QED) is 0.811. The highest BCUT2D eigenvalue weighted by molar-refractivity contribution is 7.89. The highest BCUT2D eigenvalue weighted by Gasteiger charge is 2.28. The fourth-order valence-electron chi connectivity index (χ4n) is 1.42. The lowest BCUT2D eigenvalue weighted by molar-refractivity contribution is 0.260. The van der Waals surface area contributed by atoms with Gasteiger partial charge in [-0.2, -0.15) is 4.31 Å². The van der Waals surface area contributed by atoms with Crippen molar-refractivity contribution >= 4 is 21.6 Å². The van der Waals surface area contributed by atoms with Crippen LogP contribution in [0.4, 0.5) is 4.39 Å². The van der Waals surface area contributed by atoms with Crippen LogP contribution in [0.5, 0.6) is 0 Å². The Hall–Kier alpha value is -0.950. The molecule has 0 saturated heterocycles. The predicted molar refractivity (Wildman–Crippen MR) is 67.5 cm³/mol. The normalized spacial score (nSPS) is 11.8. The number of aliphatic hydroxyl groups excluding tert-OH is 1. The molecule has 0 amide bonds. The van der Waals surface area contributed by atoms with Gasteiger partial charge < -0.3 is 5.11 Å². The van der Waals surface area contributed by atoms with Crippen LogP contribution in [0.2, 0.25) is 5.02 Å². The number of aliphatic hydroxyl groups is 1. The summed E-state index contributed by atoms with van der Waals surface area (Å²) in [4.78, 5) is -0.582. The molecule has 1 aromatic rings. The third-order valence-corrected chi connectivity index (χ3v) is 4.57. The maximum Gasteiger partial charge on any atom is 0.247 e. The van der Waals surface area contributed by atoms with Gasteiger partial charge in [0.25, 0.3) is 0 Å². The molecule has 0 bridgehead atoms. The van der Waals surface area contributed by atoms with Crippen LogP contribution in [-0.2, 0) is 10.0 Å². The minimum Gasteiger partial charge on any atom is -0.395 e. The smallest absolute Gasteiger partial charge is 0.247 e. The molecular formula is C11H13ClFNO3S. The average molecular weight is 294 g/mol. The topological polar surface area (TPSA) is 57.6 Å². The zero-order chi connectivity index (χ0) is 13.8. The van der Waals surface area contributed by atoms with Gasteiger partial charge in [-0.05, 0) is 12.1 Å². The van der Waals surface area contributed by atoms with E-state index in [0.717, 1.165) is 10.4 Å². The second-order valence-electron chi connectivity index (χ2n) is 3.43. The summed E-state index contributed by atoms with van der Waals surface area (Å²) in [6.07, 6.45) is 1.35. The fourth-order valence-corrected chi connectivity index (χ4v) is 3.39. The minimum absolute atomic E-state index is 0.0342. The monoisotopic (exact) mass is 293 g/mol. The van der Waals surface area contributed by atoms with Crippen LogP contribution < -0.4 is 0 Å². The molecule has 100 valence electrons. The first-order valence-corrected chi connectivity index (χ1v) is 6.93. The molecule has 0 aliphatic carbocycles. The van der Waals surface area contributed by atoms with Crippen molar-refractivity contribution in [2.24, 2.45) is 0 Å². The van der Waals surface area contributed by atoms with Gasteiger partial charge in [0.05, 0.1) is 11.6 Å². The molecule has 0 aliphatic rings. The van der Waals surface area contributed by atoms with Crippen LogP contribution in [0.15, 0.2) is 35.7 Å². The summed E-state index contributed by atoms with van der Waals surface area (Å²) in [6, 6.07) is 3.63. The van der Waals surface area contributed by atoms with E-state index in [1.165, 1.54) is 18.2 Å². The number of halogens is 2. The Bertz CT molecular complexity index is 513. The van der Waals surface area contributed by atoms with E-state index in [0.29, 0.717) is 0 Å². The molecule has 0 radical (unpaired) electrons. The van der Waals surface area contributed by atoms with E-state index in [-0.39, 0.29) is 24.7 Å². The van der Waals surface area contributed by atoms with E-state index in [1.807, 2.05) is 0 Å². The number of rotatable bonds is 6. The van der Waals surface area contributed by atoms with Crippen molar-refractivity contribution < 1.29 is 17.9 Å². The molecule has 1 N–H and O–H groups in total. The molecule has 1 aromatic carbocycles. The lowest BCUT2D eigenvalue weighted by Gasteiger charge is -2.20. The first-order chi connectivity index (χ1) is 8.45. The number of hydrogen-bond acceptors (Lipinski definition) is 3. The third-order valence-electron chi connectivity index (χ3n) is 2.20. The van der Waals surface area contributed by atoms with Gasteiger partial charge in [-0.1, -0.05) is 23.7 Å². The fraction of sp³-hybridized carbons (Fsp3) is 0.273. The van der Waals surface area contributed by atoms with Gasteiger partial charge in [-0.15, -0.1) is 6.58 Å². The molecule has 0 fully saturated rings. The van der Waals surface area contributed by atoms with Crippen molar-refractivity contribution in [2.75, 3.05) is 19.7 Å². The van der Waals surface area contributed by atoms with Crippen molar-refractivity contribution in [3.63, 3.8) is 0 Å². The van der Waals surface area contributed by atoms with Crippen molar-refractivity contribution in [1.82, 2.24) is 4.31 Å². The second-order valence-corrected chi connectivity index (χ2v) is 5.71. The van der Waals surface area contributed by atoms with Crippen molar-refractivity contribution in [1.29, 1.82) is 0 Å². The van der Waals surface area contributed by atoms with Crippen molar-refractivity contribution in [2.45, 2.75) is 4.90 Å². The second kappa shape index (κ2) is 6.29. The molecule has 7 heteroatoms. The van der Waals surface area contributed by atoms with E-state index in [4.69, 9.17) is 16.7 Å². The molecule has 1 rings (SSSR count). The Morgan fingerprint density at radius 3 is 2.67 bits per heavy atom. The Labute approximate surface area is 110 Å². The summed E-state index contributed by atoms with van der Waals surface area (Å²) in [6.45, 7) is 2.86. The highest BCUT2D eigenvalue weighted by Crippen LogP contribution is 2.27.